The first-order chi connectivity index (χ1) is 25.7. The zero-order valence-electron chi connectivity index (χ0n) is 36.3. The van der Waals surface area contributed by atoms with Gasteiger partial charge in [0.05, 0.1) is 22.4 Å². The van der Waals surface area contributed by atoms with Gasteiger partial charge in [-0.15, -0.1) is 22.7 Å². The van der Waals surface area contributed by atoms with Crippen LogP contribution in [0.25, 0.3) is 20.2 Å². The van der Waals surface area contributed by atoms with Gasteiger partial charge in [0.2, 0.25) is 0 Å². The summed E-state index contributed by atoms with van der Waals surface area (Å²) in [5.41, 5.74) is 1.59. The second kappa shape index (κ2) is 19.7. The predicted octanol–water partition coefficient (Wildman–Crippen LogP) is 13.6. The van der Waals surface area contributed by atoms with Crippen LogP contribution in [0.1, 0.15) is 209 Å². The number of rotatable bonds is 24. The number of hydrogen-bond acceptors (Lipinski definition) is 6. The molecule has 0 saturated carbocycles. The fourth-order valence-corrected chi connectivity index (χ4v) is 10.7. The zero-order valence-corrected chi connectivity index (χ0v) is 37.9. The molecular weight excluding hydrogens is 702 g/mol. The molecule has 0 radical (unpaired) electrons. The lowest BCUT2D eigenvalue weighted by atomic mass is 9.85. The van der Waals surface area contributed by atoms with Gasteiger partial charge in [-0.25, -0.2) is 0 Å². The van der Waals surface area contributed by atoms with Gasteiger partial charge in [0.15, 0.2) is 0 Å². The van der Waals surface area contributed by atoms with Crippen LogP contribution in [0.3, 0.4) is 0 Å². The second-order valence-corrected chi connectivity index (χ2v) is 20.9. The maximum atomic E-state index is 6.66. The van der Waals surface area contributed by atoms with E-state index in [1.165, 1.54) is 169 Å². The first-order valence-corrected chi connectivity index (χ1v) is 24.1. The van der Waals surface area contributed by atoms with Crippen LogP contribution in [0, 0.1) is 0 Å². The Bertz CT molecular complexity index is 1400. The molecular formula is C46H76B2O4S2. The third kappa shape index (κ3) is 10.8. The average Bonchev–Trinajstić information content (AvgIpc) is 3.84. The molecule has 3 aromatic rings. The van der Waals surface area contributed by atoms with Crippen molar-refractivity contribution in [2.24, 2.45) is 0 Å². The van der Waals surface area contributed by atoms with Gasteiger partial charge < -0.3 is 18.6 Å². The summed E-state index contributed by atoms with van der Waals surface area (Å²) in [7, 11) is -0.665. The zero-order chi connectivity index (χ0) is 39.0. The molecule has 1 aromatic carbocycles. The highest BCUT2D eigenvalue weighted by Crippen LogP contribution is 2.43. The van der Waals surface area contributed by atoms with E-state index in [1.807, 2.05) is 22.7 Å². The Kier molecular flexibility index (Phi) is 16.1. The molecule has 5 rings (SSSR count). The third-order valence-corrected chi connectivity index (χ3v) is 15.7. The van der Waals surface area contributed by atoms with E-state index >= 15 is 0 Å². The minimum atomic E-state index is -0.358. The lowest BCUT2D eigenvalue weighted by molar-refractivity contribution is 0.00578. The largest absolute Gasteiger partial charge is 0.505 e. The van der Waals surface area contributed by atoms with Crippen molar-refractivity contribution in [1.82, 2.24) is 0 Å². The normalized spacial score (nSPS) is 18.9. The Balaban J connectivity index is 1.42. The van der Waals surface area contributed by atoms with Crippen molar-refractivity contribution < 1.29 is 18.6 Å². The molecule has 2 aliphatic heterocycles. The second-order valence-electron chi connectivity index (χ2n) is 18.8. The van der Waals surface area contributed by atoms with Crippen LogP contribution in [0.4, 0.5) is 0 Å². The molecule has 2 saturated heterocycles. The topological polar surface area (TPSA) is 36.9 Å². The van der Waals surface area contributed by atoms with Gasteiger partial charge in [0.25, 0.3) is 0 Å². The van der Waals surface area contributed by atoms with Gasteiger partial charge in [-0.3, -0.25) is 0 Å². The highest BCUT2D eigenvalue weighted by molar-refractivity contribution is 7.30. The van der Waals surface area contributed by atoms with E-state index in [-0.39, 0.29) is 36.6 Å². The van der Waals surface area contributed by atoms with Crippen molar-refractivity contribution >= 4 is 66.6 Å². The molecule has 0 bridgehead atoms. The Morgan fingerprint density at radius 1 is 0.407 bits per heavy atom. The number of hydrogen-bond donors (Lipinski definition) is 0. The van der Waals surface area contributed by atoms with E-state index in [2.05, 4.69) is 81.4 Å². The van der Waals surface area contributed by atoms with E-state index in [4.69, 9.17) is 18.6 Å². The number of thiophene rings is 2. The Labute approximate surface area is 339 Å². The molecule has 0 unspecified atom stereocenters. The molecule has 302 valence electrons. The first kappa shape index (κ1) is 44.2. The fourth-order valence-electron chi connectivity index (χ4n) is 8.19. The molecule has 2 fully saturated rings. The van der Waals surface area contributed by atoms with E-state index in [9.17, 15) is 0 Å². The van der Waals surface area contributed by atoms with Gasteiger partial charge >= 0.3 is 14.2 Å². The van der Waals surface area contributed by atoms with Crippen LogP contribution in [-0.4, -0.2) is 36.6 Å². The molecule has 4 nitrogen and oxygen atoms in total. The average molecular weight is 779 g/mol. The minimum Gasteiger partial charge on any atom is -0.399 e. The summed E-state index contributed by atoms with van der Waals surface area (Å²) in [5.74, 6) is 0. The van der Waals surface area contributed by atoms with Crippen molar-refractivity contribution in [2.45, 2.75) is 233 Å². The van der Waals surface area contributed by atoms with Gasteiger partial charge in [-0.05, 0) is 115 Å². The van der Waals surface area contributed by atoms with Crippen LogP contribution in [-0.2, 0) is 31.5 Å². The Hall–Kier alpha value is -0.890. The molecule has 0 spiro atoms. The SMILES string of the molecule is CCCCCCCCCCCCc1c2cc(B3OC(C)(C)C(C)(C)O3)sc2c(CCCCCCCCCCCC)c2cc(B3OC(C)(C)C(C)(C)O3)sc12. The molecule has 8 heteroatoms. The quantitative estimate of drug-likeness (QED) is 0.0670. The monoisotopic (exact) mass is 779 g/mol. The summed E-state index contributed by atoms with van der Waals surface area (Å²) < 4.78 is 31.9. The van der Waals surface area contributed by atoms with E-state index in [0.717, 1.165) is 12.8 Å². The van der Waals surface area contributed by atoms with Crippen LogP contribution < -0.4 is 9.55 Å². The number of benzene rings is 1. The molecule has 0 N–H and O–H groups in total. The summed E-state index contributed by atoms with van der Waals surface area (Å²) in [5, 5.41) is 2.86. The van der Waals surface area contributed by atoms with E-state index in [0.29, 0.717) is 0 Å². The predicted molar refractivity (Wildman–Crippen MR) is 240 cm³/mol. The summed E-state index contributed by atoms with van der Waals surface area (Å²) in [4.78, 5) is 0. The number of aryl methyl sites for hydroxylation is 2. The van der Waals surface area contributed by atoms with Crippen molar-refractivity contribution in [3.63, 3.8) is 0 Å². The van der Waals surface area contributed by atoms with Gasteiger partial charge in [-0.1, -0.05) is 129 Å². The first-order valence-electron chi connectivity index (χ1n) is 22.4. The minimum absolute atomic E-state index is 0.332. The maximum Gasteiger partial charge on any atom is 0.505 e. The van der Waals surface area contributed by atoms with Crippen molar-refractivity contribution in [1.29, 1.82) is 0 Å². The number of unbranched alkanes of at least 4 members (excludes halogenated alkanes) is 18. The van der Waals surface area contributed by atoms with Crippen molar-refractivity contribution in [3.05, 3.63) is 23.3 Å². The fraction of sp³-hybridized carbons (Fsp3) is 0.783. The van der Waals surface area contributed by atoms with Crippen LogP contribution in [0.15, 0.2) is 12.1 Å². The Morgan fingerprint density at radius 3 is 0.944 bits per heavy atom. The molecule has 2 aromatic heterocycles. The summed E-state index contributed by atoms with van der Waals surface area (Å²) in [6, 6.07) is 4.90. The molecule has 4 heterocycles. The van der Waals surface area contributed by atoms with Crippen molar-refractivity contribution in [2.75, 3.05) is 0 Å². The Morgan fingerprint density at radius 2 is 0.667 bits per heavy atom. The summed E-state index contributed by atoms with van der Waals surface area (Å²) in [6.45, 7) is 21.9. The van der Waals surface area contributed by atoms with Crippen LogP contribution in [0.2, 0.25) is 0 Å². The van der Waals surface area contributed by atoms with Gasteiger partial charge in [0, 0.05) is 19.0 Å². The lowest BCUT2D eigenvalue weighted by Gasteiger charge is -2.32. The molecule has 0 aliphatic carbocycles. The molecule has 0 amide bonds. The standard InChI is InChI=1S/C46H76B2O4S2/c1-11-13-15-17-19-21-23-25-27-29-31-35-37-33-39(47-49-43(3,4)44(5,6)50-47)54-42(37)36(32-30-28-26-24-22-20-18-16-14-12-2)38-34-40(53-41(35)38)48-51-45(7,8)46(9,10)52-48/h33-34H,11-32H2,1-10H3. The lowest BCUT2D eigenvalue weighted by Crippen LogP contribution is -2.41. The molecule has 2 aliphatic rings. The van der Waals surface area contributed by atoms with Crippen molar-refractivity contribution in [3.8, 4) is 0 Å². The highest BCUT2D eigenvalue weighted by atomic mass is 32.1. The van der Waals surface area contributed by atoms with E-state index < -0.39 is 0 Å². The smallest absolute Gasteiger partial charge is 0.399 e. The van der Waals surface area contributed by atoms with E-state index in [1.54, 1.807) is 0 Å². The van der Waals surface area contributed by atoms with Crippen LogP contribution >= 0.6 is 22.7 Å². The summed E-state index contributed by atoms with van der Waals surface area (Å²) >= 11 is 3.85. The van der Waals surface area contributed by atoms with Gasteiger partial charge in [0.1, 0.15) is 0 Å². The molecule has 0 atom stereocenters. The maximum absolute atomic E-state index is 6.66. The van der Waals surface area contributed by atoms with Crippen LogP contribution in [0.5, 0.6) is 0 Å². The third-order valence-electron chi connectivity index (χ3n) is 13.2. The summed E-state index contributed by atoms with van der Waals surface area (Å²) in [6.07, 6.45) is 29.3. The van der Waals surface area contributed by atoms with Gasteiger partial charge in [-0.2, -0.15) is 0 Å². The molecule has 54 heavy (non-hydrogen) atoms. The highest BCUT2D eigenvalue weighted by Gasteiger charge is 2.53. The number of fused-ring (bicyclic) bond motifs is 2.